The molecule has 0 aromatic carbocycles. The van der Waals surface area contributed by atoms with Crippen LogP contribution in [0.3, 0.4) is 0 Å². The molecule has 8 heteroatoms. The predicted octanol–water partition coefficient (Wildman–Crippen LogP) is 1.46. The molecule has 2 heterocycles. The van der Waals surface area contributed by atoms with Gasteiger partial charge in [0.15, 0.2) is 6.33 Å². The second-order valence-corrected chi connectivity index (χ2v) is 8.98. The minimum Gasteiger partial charge on any atom is -0.346 e. The van der Waals surface area contributed by atoms with Gasteiger partial charge in [-0.1, -0.05) is 0 Å². The number of aromatic nitrogens is 5. The van der Waals surface area contributed by atoms with Gasteiger partial charge in [0.1, 0.15) is 5.56 Å². The molecule has 0 aliphatic heterocycles. The Morgan fingerprint density at radius 1 is 1.26 bits per heavy atom. The molecule has 27 heavy (non-hydrogen) atoms. The van der Waals surface area contributed by atoms with Crippen molar-refractivity contribution in [2.45, 2.75) is 63.5 Å². The molecule has 2 aromatic heterocycles. The third-order valence-electron chi connectivity index (χ3n) is 6.77. The molecule has 1 amide bonds. The van der Waals surface area contributed by atoms with Crippen LogP contribution >= 0.6 is 0 Å². The van der Waals surface area contributed by atoms with Crippen molar-refractivity contribution in [3.05, 3.63) is 39.6 Å². The van der Waals surface area contributed by atoms with Crippen molar-refractivity contribution in [2.24, 2.45) is 11.8 Å². The summed E-state index contributed by atoms with van der Waals surface area (Å²) in [5, 5.41) is 15.7. The number of aromatic amines is 1. The summed E-state index contributed by atoms with van der Waals surface area (Å²) in [7, 11) is 0. The van der Waals surface area contributed by atoms with Gasteiger partial charge in [-0.05, 0) is 81.1 Å². The van der Waals surface area contributed by atoms with Gasteiger partial charge in [0.2, 0.25) is 0 Å². The van der Waals surface area contributed by atoms with E-state index in [0.29, 0.717) is 17.4 Å². The van der Waals surface area contributed by atoms with Crippen molar-refractivity contribution in [1.29, 1.82) is 0 Å². The topological polar surface area (TPSA) is 106 Å². The second-order valence-electron chi connectivity index (χ2n) is 8.98. The van der Waals surface area contributed by atoms with Crippen LogP contribution in [0.1, 0.15) is 60.1 Å². The summed E-state index contributed by atoms with van der Waals surface area (Å²) in [6.45, 7) is 3.64. The van der Waals surface area contributed by atoms with Gasteiger partial charge >= 0.3 is 0 Å². The van der Waals surface area contributed by atoms with E-state index in [1.165, 1.54) is 12.7 Å². The molecule has 4 bridgehead atoms. The van der Waals surface area contributed by atoms with Crippen molar-refractivity contribution >= 4 is 5.91 Å². The zero-order valence-electron chi connectivity index (χ0n) is 15.7. The van der Waals surface area contributed by atoms with E-state index in [-0.39, 0.29) is 28.1 Å². The van der Waals surface area contributed by atoms with Crippen LogP contribution in [-0.2, 0) is 5.54 Å². The smallest absolute Gasteiger partial charge is 0.261 e. The van der Waals surface area contributed by atoms with Crippen LogP contribution in [0.5, 0.6) is 0 Å². The Labute approximate surface area is 156 Å². The van der Waals surface area contributed by atoms with E-state index in [1.54, 1.807) is 4.80 Å². The molecule has 4 aliphatic carbocycles. The maximum absolute atomic E-state index is 13.1. The van der Waals surface area contributed by atoms with Gasteiger partial charge in [0, 0.05) is 11.2 Å². The lowest BCUT2D eigenvalue weighted by Crippen LogP contribution is -2.66. The van der Waals surface area contributed by atoms with E-state index in [1.807, 2.05) is 19.9 Å². The fraction of sp³-hybridized carbons (Fsp3) is 0.632. The number of aryl methyl sites for hydroxylation is 2. The van der Waals surface area contributed by atoms with Gasteiger partial charge in [-0.25, -0.2) is 0 Å². The number of tetrazole rings is 1. The SMILES string of the molecule is Cc1cc(C)c(C(=O)NC23C[C@H]4C[C@@H](C2)CC(n2ncnn2)(C4)C3)c(=O)[nH]1. The zero-order valence-corrected chi connectivity index (χ0v) is 15.7. The van der Waals surface area contributed by atoms with E-state index < -0.39 is 0 Å². The van der Waals surface area contributed by atoms with Crippen molar-refractivity contribution in [3.8, 4) is 0 Å². The molecule has 142 valence electrons. The fourth-order valence-electron chi connectivity index (χ4n) is 6.42. The molecule has 4 saturated carbocycles. The van der Waals surface area contributed by atoms with Crippen LogP contribution in [0.25, 0.3) is 0 Å². The Bertz CT molecular complexity index is 949. The molecule has 4 aliphatic rings. The van der Waals surface area contributed by atoms with Crippen LogP contribution in [-0.4, -0.2) is 36.6 Å². The molecule has 2 N–H and O–H groups in total. The normalized spacial score (nSPS) is 34.0. The van der Waals surface area contributed by atoms with Crippen molar-refractivity contribution < 1.29 is 4.79 Å². The minimum atomic E-state index is -0.317. The number of rotatable bonds is 3. The molecule has 0 spiro atoms. The van der Waals surface area contributed by atoms with Crippen LogP contribution in [0.15, 0.2) is 17.2 Å². The summed E-state index contributed by atoms with van der Waals surface area (Å²) in [6.07, 6.45) is 7.52. The van der Waals surface area contributed by atoms with E-state index in [4.69, 9.17) is 0 Å². The largest absolute Gasteiger partial charge is 0.346 e. The van der Waals surface area contributed by atoms with Gasteiger partial charge in [0.25, 0.3) is 11.5 Å². The summed E-state index contributed by atoms with van der Waals surface area (Å²) < 4.78 is 0. The van der Waals surface area contributed by atoms with Crippen molar-refractivity contribution in [1.82, 2.24) is 30.5 Å². The first-order chi connectivity index (χ1) is 12.9. The fourth-order valence-corrected chi connectivity index (χ4v) is 6.42. The highest BCUT2D eigenvalue weighted by Crippen LogP contribution is 2.60. The number of pyridine rings is 1. The van der Waals surface area contributed by atoms with Gasteiger partial charge in [0.05, 0.1) is 5.54 Å². The average Bonchev–Trinajstić information content (AvgIpc) is 3.07. The third-order valence-corrected chi connectivity index (χ3v) is 6.77. The second kappa shape index (κ2) is 5.50. The Morgan fingerprint density at radius 3 is 2.63 bits per heavy atom. The Balaban J connectivity index is 1.49. The summed E-state index contributed by atoms with van der Waals surface area (Å²) in [5.74, 6) is 0.835. The van der Waals surface area contributed by atoms with E-state index >= 15 is 0 Å². The van der Waals surface area contributed by atoms with E-state index in [2.05, 4.69) is 25.7 Å². The Hall–Kier alpha value is -2.51. The quantitative estimate of drug-likeness (QED) is 0.853. The monoisotopic (exact) mass is 368 g/mol. The summed E-state index contributed by atoms with van der Waals surface area (Å²) in [4.78, 5) is 30.0. The van der Waals surface area contributed by atoms with Crippen molar-refractivity contribution in [2.75, 3.05) is 0 Å². The molecule has 4 atom stereocenters. The molecule has 6 rings (SSSR count). The summed E-state index contributed by atoms with van der Waals surface area (Å²) in [6, 6.07) is 1.84. The molecule has 8 nitrogen and oxygen atoms in total. The number of H-pyrrole nitrogens is 1. The van der Waals surface area contributed by atoms with Gasteiger partial charge < -0.3 is 10.3 Å². The van der Waals surface area contributed by atoms with Crippen molar-refractivity contribution in [3.63, 3.8) is 0 Å². The minimum absolute atomic E-state index is 0.164. The number of nitrogens with one attached hydrogen (secondary N) is 2. The molecular formula is C19H24N6O2. The molecule has 2 aromatic rings. The Kier molecular flexibility index (Phi) is 3.39. The maximum Gasteiger partial charge on any atom is 0.261 e. The van der Waals surface area contributed by atoms with Crippen LogP contribution < -0.4 is 10.9 Å². The molecule has 2 unspecified atom stereocenters. The van der Waals surface area contributed by atoms with Gasteiger partial charge in [-0.3, -0.25) is 9.59 Å². The first-order valence-electron chi connectivity index (χ1n) is 9.65. The maximum atomic E-state index is 13.1. The first kappa shape index (κ1) is 16.6. The molecular weight excluding hydrogens is 344 g/mol. The van der Waals surface area contributed by atoms with E-state index in [9.17, 15) is 9.59 Å². The predicted molar refractivity (Wildman–Crippen MR) is 97.2 cm³/mol. The Morgan fingerprint density at radius 2 is 2.00 bits per heavy atom. The lowest BCUT2D eigenvalue weighted by molar-refractivity contribution is -0.0810. The number of carbonyl (C=O) groups excluding carboxylic acids is 1. The highest BCUT2D eigenvalue weighted by atomic mass is 16.2. The third kappa shape index (κ3) is 2.53. The average molecular weight is 368 g/mol. The molecule has 4 fully saturated rings. The number of carbonyl (C=O) groups is 1. The molecule has 0 radical (unpaired) electrons. The summed E-state index contributed by atoms with van der Waals surface area (Å²) in [5.41, 5.74) is 0.930. The highest BCUT2D eigenvalue weighted by molar-refractivity contribution is 5.95. The van der Waals surface area contributed by atoms with Crippen LogP contribution in [0, 0.1) is 25.7 Å². The zero-order chi connectivity index (χ0) is 18.8. The number of hydrogen-bond acceptors (Lipinski definition) is 5. The highest BCUT2D eigenvalue weighted by Gasteiger charge is 2.60. The van der Waals surface area contributed by atoms with Gasteiger partial charge in [-0.15, -0.1) is 10.2 Å². The molecule has 0 saturated heterocycles. The summed E-state index contributed by atoms with van der Waals surface area (Å²) >= 11 is 0. The first-order valence-corrected chi connectivity index (χ1v) is 9.65. The van der Waals surface area contributed by atoms with E-state index in [0.717, 1.165) is 37.8 Å². The lowest BCUT2D eigenvalue weighted by Gasteiger charge is -2.61. The number of amides is 1. The van der Waals surface area contributed by atoms with Crippen LogP contribution in [0.2, 0.25) is 0 Å². The lowest BCUT2D eigenvalue weighted by atomic mass is 9.50. The van der Waals surface area contributed by atoms with Gasteiger partial charge in [-0.2, -0.15) is 4.80 Å². The number of hydrogen-bond donors (Lipinski definition) is 2. The standard InChI is InChI=1S/C19H24N6O2/c1-11-3-12(2)22-16(26)15(11)17(27)23-18-5-13-4-14(6-18)8-19(7-13,9-18)25-21-10-20-24-25/h3,10,13-14H,4-9H2,1-2H3,(H,22,26)(H,23,27)/t13-,14+,18?,19?. The van der Waals surface area contributed by atoms with Crippen LogP contribution in [0.4, 0.5) is 0 Å². The number of nitrogens with zero attached hydrogens (tertiary/aromatic N) is 4.